The van der Waals surface area contributed by atoms with Crippen LogP contribution in [0.15, 0.2) is 108 Å². The van der Waals surface area contributed by atoms with Crippen LogP contribution in [0.3, 0.4) is 0 Å². The van der Waals surface area contributed by atoms with Crippen LogP contribution in [0.5, 0.6) is 0 Å². The number of hydrogen-bond donors (Lipinski definition) is 2. The van der Waals surface area contributed by atoms with Crippen molar-refractivity contribution in [3.63, 3.8) is 0 Å². The number of aliphatic hydroxyl groups excluding tert-OH is 2. The number of aliphatic hydroxyl groups is 2. The Balaban J connectivity index is 1.32. The van der Waals surface area contributed by atoms with Crippen LogP contribution in [0.2, 0.25) is 0 Å². The second kappa shape index (κ2) is 19.7. The third kappa shape index (κ3) is 12.7. The van der Waals surface area contributed by atoms with Gasteiger partial charge in [-0.1, -0.05) is 101 Å². The van der Waals surface area contributed by atoms with Crippen molar-refractivity contribution in [2.75, 3.05) is 49.3 Å². The number of pyridine rings is 1. The molecule has 1 aromatic heterocycles. The summed E-state index contributed by atoms with van der Waals surface area (Å²) in [4.78, 5) is 6.47. The van der Waals surface area contributed by atoms with Crippen molar-refractivity contribution in [3.8, 4) is 0 Å². The van der Waals surface area contributed by atoms with Gasteiger partial charge in [0.05, 0.1) is 19.0 Å². The molecule has 0 fully saturated rings. The number of aliphatic imine (C=N–C) groups is 1. The summed E-state index contributed by atoms with van der Waals surface area (Å²) in [7, 11) is 3.74. The van der Waals surface area contributed by atoms with E-state index in [-0.39, 0.29) is 13.2 Å². The quantitative estimate of drug-likeness (QED) is 0.0572. The molecule has 0 unspecified atom stereocenters. The van der Waals surface area contributed by atoms with Gasteiger partial charge in [-0.3, -0.25) is 4.99 Å². The first-order chi connectivity index (χ1) is 20.6. The Morgan fingerprint density at radius 1 is 0.833 bits per heavy atom. The van der Waals surface area contributed by atoms with Gasteiger partial charge < -0.3 is 15.1 Å². The van der Waals surface area contributed by atoms with Crippen LogP contribution in [0.4, 0.5) is 5.69 Å². The molecule has 0 bridgehead atoms. The van der Waals surface area contributed by atoms with Crippen LogP contribution in [0.1, 0.15) is 22.3 Å². The number of aromatic nitrogens is 1. The number of anilines is 1. The molecule has 0 saturated heterocycles. The van der Waals surface area contributed by atoms with Crippen LogP contribution in [-0.2, 0) is 6.54 Å². The Morgan fingerprint density at radius 2 is 1.43 bits per heavy atom. The first-order valence-corrected chi connectivity index (χ1v) is 16.7. The fourth-order valence-electron chi connectivity index (χ4n) is 3.95. The van der Waals surface area contributed by atoms with Gasteiger partial charge in [-0.2, -0.15) is 0 Å². The predicted octanol–water partition coefficient (Wildman–Crippen LogP) is 6.52. The molecule has 0 aliphatic rings. The van der Waals surface area contributed by atoms with Gasteiger partial charge in [0.15, 0.2) is 18.9 Å². The Hall–Kier alpha value is -3.36. The van der Waals surface area contributed by atoms with Gasteiger partial charge in [0.25, 0.3) is 0 Å². The number of allylic oxidation sites excluding steroid dienone is 4. The van der Waals surface area contributed by atoms with Crippen LogP contribution < -0.4 is 9.47 Å². The first-order valence-electron chi connectivity index (χ1n) is 14.2. The van der Waals surface area contributed by atoms with Gasteiger partial charge in [-0.15, -0.1) is 0 Å². The Morgan fingerprint density at radius 3 is 2.07 bits per heavy atom. The number of rotatable bonds is 18. The maximum absolute atomic E-state index is 9.23. The van der Waals surface area contributed by atoms with Crippen molar-refractivity contribution in [2.45, 2.75) is 13.5 Å². The van der Waals surface area contributed by atoms with Gasteiger partial charge in [0.1, 0.15) is 0 Å². The normalized spacial score (nSPS) is 12.1. The average molecular weight is 601 g/mol. The van der Waals surface area contributed by atoms with Crippen LogP contribution in [0.25, 0.3) is 18.2 Å². The highest BCUT2D eigenvalue weighted by atomic mass is 33.1. The third-order valence-electron chi connectivity index (χ3n) is 6.36. The molecule has 3 rings (SSSR count). The van der Waals surface area contributed by atoms with E-state index in [0.717, 1.165) is 41.4 Å². The predicted molar refractivity (Wildman–Crippen MR) is 185 cm³/mol. The highest BCUT2D eigenvalue weighted by molar-refractivity contribution is 8.76. The fraction of sp³-hybridized carbons (Fsp3) is 0.257. The molecule has 0 aliphatic heterocycles. The second-order valence-corrected chi connectivity index (χ2v) is 12.2. The fourth-order valence-corrected chi connectivity index (χ4v) is 5.81. The van der Waals surface area contributed by atoms with Crippen molar-refractivity contribution in [3.05, 3.63) is 126 Å². The van der Waals surface area contributed by atoms with Crippen molar-refractivity contribution in [1.29, 1.82) is 0 Å². The van der Waals surface area contributed by atoms with E-state index < -0.39 is 0 Å². The Kier molecular flexibility index (Phi) is 15.6. The molecule has 0 saturated carbocycles. The van der Waals surface area contributed by atoms with E-state index in [9.17, 15) is 10.2 Å². The van der Waals surface area contributed by atoms with E-state index in [0.29, 0.717) is 13.1 Å². The zero-order chi connectivity index (χ0) is 29.8. The largest absolute Gasteiger partial charge is 0.395 e. The van der Waals surface area contributed by atoms with Crippen molar-refractivity contribution >= 4 is 51.7 Å². The van der Waals surface area contributed by atoms with Crippen LogP contribution in [-0.4, -0.2) is 60.8 Å². The first kappa shape index (κ1) is 33.1. The van der Waals surface area contributed by atoms with E-state index in [1.165, 1.54) is 16.7 Å². The summed E-state index contributed by atoms with van der Waals surface area (Å²) in [6.07, 6.45) is 18.3. The van der Waals surface area contributed by atoms with Gasteiger partial charge in [0, 0.05) is 49.4 Å². The molecule has 2 aromatic carbocycles. The van der Waals surface area contributed by atoms with E-state index in [1.807, 2.05) is 81.3 Å². The maximum Gasteiger partial charge on any atom is 0.169 e. The van der Waals surface area contributed by atoms with E-state index in [2.05, 4.69) is 84.0 Å². The van der Waals surface area contributed by atoms with Crippen LogP contribution >= 0.6 is 21.6 Å². The molecule has 5 nitrogen and oxygen atoms in total. The van der Waals surface area contributed by atoms with Crippen LogP contribution in [0, 0.1) is 6.92 Å². The molecule has 42 heavy (non-hydrogen) atoms. The third-order valence-corrected chi connectivity index (χ3v) is 8.72. The van der Waals surface area contributed by atoms with Gasteiger partial charge in [-0.25, -0.2) is 4.57 Å². The molecule has 0 aliphatic carbocycles. The molecule has 0 amide bonds. The molecule has 1 heterocycles. The summed E-state index contributed by atoms with van der Waals surface area (Å²) in [5.74, 6) is 2.02. The molecule has 3 aromatic rings. The number of aryl methyl sites for hydroxylation is 2. The monoisotopic (exact) mass is 600 g/mol. The van der Waals surface area contributed by atoms with E-state index in [4.69, 9.17) is 0 Å². The number of nitrogens with zero attached hydrogens (tertiary/aromatic N) is 3. The van der Waals surface area contributed by atoms with Gasteiger partial charge >= 0.3 is 0 Å². The molecule has 0 atom stereocenters. The molecular formula is C35H42N3O2S2+. The van der Waals surface area contributed by atoms with Gasteiger partial charge in [0.2, 0.25) is 0 Å². The van der Waals surface area contributed by atoms with Gasteiger partial charge in [-0.05, 0) is 47.4 Å². The minimum atomic E-state index is 0.0525. The zero-order valence-corrected chi connectivity index (χ0v) is 26.0. The lowest BCUT2D eigenvalue weighted by atomic mass is 10.1. The topological polar surface area (TPSA) is 59.9 Å². The Bertz CT molecular complexity index is 1310. The standard InChI is InChI=1S/C35H42N3O2S2/c1-3-31(8-9-33-12-14-35(15-13-33)38(23-26-39)24-27-40)16-19-36-20-28-41-42-29-25-37-21-17-34(18-22-37)11-10-32-6-4-30(2)5-7-32/h3-19,21-22,39-40H,1,20,23-29H2,2H3/q+1. The number of hydrogen-bond acceptors (Lipinski definition) is 6. The molecule has 7 heteroatoms. The van der Waals surface area contributed by atoms with Crippen molar-refractivity contribution < 1.29 is 14.8 Å². The summed E-state index contributed by atoms with van der Waals surface area (Å²) < 4.78 is 2.22. The number of benzene rings is 2. The summed E-state index contributed by atoms with van der Waals surface area (Å²) in [5.41, 5.74) is 6.72. The van der Waals surface area contributed by atoms with Crippen molar-refractivity contribution in [2.24, 2.45) is 4.99 Å². The molecule has 2 N–H and O–H groups in total. The summed E-state index contributed by atoms with van der Waals surface area (Å²) in [5, 5.41) is 18.5. The molecule has 0 spiro atoms. The summed E-state index contributed by atoms with van der Waals surface area (Å²) >= 11 is 0. The molecule has 0 radical (unpaired) electrons. The maximum atomic E-state index is 9.23. The lowest BCUT2D eigenvalue weighted by molar-refractivity contribution is -0.692. The zero-order valence-electron chi connectivity index (χ0n) is 24.4. The molecular weight excluding hydrogens is 559 g/mol. The van der Waals surface area contributed by atoms with Crippen molar-refractivity contribution in [1.82, 2.24) is 0 Å². The minimum Gasteiger partial charge on any atom is -0.395 e. The highest BCUT2D eigenvalue weighted by Crippen LogP contribution is 2.20. The summed E-state index contributed by atoms with van der Waals surface area (Å²) in [6, 6.07) is 20.9. The Labute approximate surface area is 259 Å². The SMILES string of the molecule is C=CC(C=Cc1ccc(N(CCO)CCO)cc1)=CC=NCCSSCC[n+]1ccc(C=Cc2ccc(C)cc2)cc1. The van der Waals surface area contributed by atoms with E-state index in [1.54, 1.807) is 0 Å². The lowest BCUT2D eigenvalue weighted by Gasteiger charge is -2.22. The molecule has 220 valence electrons. The minimum absolute atomic E-state index is 0.0525. The smallest absolute Gasteiger partial charge is 0.169 e. The van der Waals surface area contributed by atoms with E-state index >= 15 is 0 Å². The average Bonchev–Trinajstić information content (AvgIpc) is 3.02. The highest BCUT2D eigenvalue weighted by Gasteiger charge is 2.04. The lowest BCUT2D eigenvalue weighted by Crippen LogP contribution is -2.33. The summed E-state index contributed by atoms with van der Waals surface area (Å²) in [6.45, 7) is 8.86. The second-order valence-electron chi connectivity index (χ2n) is 9.54.